The van der Waals surface area contributed by atoms with Gasteiger partial charge in [-0.1, -0.05) is 19.1 Å². The van der Waals surface area contributed by atoms with Gasteiger partial charge in [0.1, 0.15) is 5.82 Å². The predicted molar refractivity (Wildman–Crippen MR) is 96.1 cm³/mol. The van der Waals surface area contributed by atoms with Gasteiger partial charge >= 0.3 is 0 Å². The number of rotatable bonds is 4. The first kappa shape index (κ1) is 17.3. The highest BCUT2D eigenvalue weighted by Gasteiger charge is 2.31. The molecule has 1 amide bonds. The molecule has 0 saturated carbocycles. The minimum absolute atomic E-state index is 0.0112. The Kier molecular flexibility index (Phi) is 4.67. The summed E-state index contributed by atoms with van der Waals surface area (Å²) >= 11 is 1.33. The lowest BCUT2D eigenvalue weighted by atomic mass is 10.1. The number of non-ortho nitro benzene ring substituents is 1. The number of hydrogen-bond donors (Lipinski definition) is 2. The van der Waals surface area contributed by atoms with E-state index in [1.54, 1.807) is 16.8 Å². The first-order valence-electron chi connectivity index (χ1n) is 7.92. The number of carbonyl (C=O) groups excluding carboxylic acids is 1. The van der Waals surface area contributed by atoms with Crippen LogP contribution in [0.4, 0.5) is 11.5 Å². The van der Waals surface area contributed by atoms with Crippen molar-refractivity contribution in [3.05, 3.63) is 55.9 Å². The Labute approximate surface area is 147 Å². The van der Waals surface area contributed by atoms with Gasteiger partial charge in [-0.15, -0.1) is 11.8 Å². The van der Waals surface area contributed by atoms with Crippen LogP contribution in [0.2, 0.25) is 0 Å². The molecule has 132 valence electrons. The van der Waals surface area contributed by atoms with Crippen LogP contribution in [0.25, 0.3) is 0 Å². The molecule has 2 atom stereocenters. The first-order valence-corrected chi connectivity index (χ1v) is 8.97. The van der Waals surface area contributed by atoms with Gasteiger partial charge in [0.2, 0.25) is 5.91 Å². The van der Waals surface area contributed by atoms with Crippen molar-refractivity contribution < 1.29 is 9.72 Å². The van der Waals surface area contributed by atoms with Crippen LogP contribution in [0.5, 0.6) is 0 Å². The minimum atomic E-state index is -0.466. The molecule has 0 saturated heterocycles. The molecule has 1 aromatic heterocycles. The summed E-state index contributed by atoms with van der Waals surface area (Å²) in [7, 11) is 0. The number of nitrogens with one attached hydrogen (secondary N) is 2. The van der Waals surface area contributed by atoms with E-state index in [2.05, 4.69) is 10.4 Å². The van der Waals surface area contributed by atoms with E-state index in [1.807, 2.05) is 13.8 Å². The summed E-state index contributed by atoms with van der Waals surface area (Å²) in [5.74, 6) is 0.514. The van der Waals surface area contributed by atoms with Crippen molar-refractivity contribution in [2.75, 3.05) is 11.1 Å². The fourth-order valence-corrected chi connectivity index (χ4v) is 3.92. The van der Waals surface area contributed by atoms with Crippen LogP contribution in [0, 0.1) is 10.1 Å². The van der Waals surface area contributed by atoms with Gasteiger partial charge in [0.05, 0.1) is 21.5 Å². The second kappa shape index (κ2) is 6.75. The number of nitro groups is 1. The average molecular weight is 362 g/mol. The van der Waals surface area contributed by atoms with Crippen molar-refractivity contribution in [1.29, 1.82) is 0 Å². The summed E-state index contributed by atoms with van der Waals surface area (Å²) in [4.78, 5) is 35.0. The highest BCUT2D eigenvalue weighted by molar-refractivity contribution is 8.00. The summed E-state index contributed by atoms with van der Waals surface area (Å²) in [6.07, 6.45) is 0.794. The molecule has 9 heteroatoms. The third kappa shape index (κ3) is 3.19. The van der Waals surface area contributed by atoms with E-state index in [0.29, 0.717) is 11.4 Å². The molecule has 3 rings (SSSR count). The van der Waals surface area contributed by atoms with E-state index < -0.39 is 4.92 Å². The van der Waals surface area contributed by atoms with E-state index in [-0.39, 0.29) is 34.2 Å². The third-order valence-corrected chi connectivity index (χ3v) is 5.57. The number of hydrogen-bond acceptors (Lipinski definition) is 5. The van der Waals surface area contributed by atoms with Gasteiger partial charge in [0.25, 0.3) is 11.2 Å². The Morgan fingerprint density at radius 3 is 2.64 bits per heavy atom. The molecule has 25 heavy (non-hydrogen) atoms. The molecule has 0 fully saturated rings. The molecule has 2 N–H and O–H groups in total. The topological polar surface area (TPSA) is 110 Å². The minimum Gasteiger partial charge on any atom is -0.310 e. The fraction of sp³-hybridized carbons (Fsp3) is 0.375. The van der Waals surface area contributed by atoms with Crippen molar-refractivity contribution >= 4 is 29.2 Å². The molecule has 0 bridgehead atoms. The van der Waals surface area contributed by atoms with Crippen LogP contribution >= 0.6 is 11.8 Å². The highest BCUT2D eigenvalue weighted by atomic mass is 32.2. The first-order chi connectivity index (χ1) is 11.9. The molecular weight excluding hydrogens is 344 g/mol. The van der Waals surface area contributed by atoms with Gasteiger partial charge in [-0.3, -0.25) is 29.5 Å². The van der Waals surface area contributed by atoms with Gasteiger partial charge < -0.3 is 5.32 Å². The summed E-state index contributed by atoms with van der Waals surface area (Å²) < 4.78 is 1.69. The molecule has 0 unspecified atom stereocenters. The average Bonchev–Trinajstić information content (AvgIpc) is 2.80. The van der Waals surface area contributed by atoms with E-state index in [1.165, 1.54) is 23.9 Å². The third-order valence-electron chi connectivity index (χ3n) is 4.30. The van der Waals surface area contributed by atoms with Crippen molar-refractivity contribution in [2.45, 2.75) is 31.6 Å². The van der Waals surface area contributed by atoms with Gasteiger partial charge in [0.15, 0.2) is 0 Å². The monoisotopic (exact) mass is 362 g/mol. The standard InChI is InChI=1S/C16H18N4O4S/c1-3-9(2)19-15-13(16(22)18-19)14(25-8-12(21)17-15)10-4-6-11(7-5-10)20(23)24/h4-7,9,14H,3,8H2,1-2H3,(H,17,21)(H,18,22)/t9-,14-/m0/s1. The molecule has 1 aliphatic heterocycles. The second-order valence-electron chi connectivity index (χ2n) is 5.92. The number of amides is 1. The molecule has 2 aromatic rings. The summed E-state index contributed by atoms with van der Waals surface area (Å²) in [5, 5.41) is 16.1. The maximum Gasteiger partial charge on any atom is 0.270 e. The zero-order chi connectivity index (χ0) is 18.1. The van der Waals surface area contributed by atoms with Crippen LogP contribution in [0.3, 0.4) is 0 Å². The zero-order valence-electron chi connectivity index (χ0n) is 13.8. The van der Waals surface area contributed by atoms with Crippen molar-refractivity contribution in [3.63, 3.8) is 0 Å². The number of carbonyl (C=O) groups is 1. The van der Waals surface area contributed by atoms with E-state index in [0.717, 1.165) is 12.0 Å². The number of aromatic amines is 1. The van der Waals surface area contributed by atoms with Crippen LogP contribution < -0.4 is 10.9 Å². The van der Waals surface area contributed by atoms with E-state index >= 15 is 0 Å². The van der Waals surface area contributed by atoms with Crippen molar-refractivity contribution in [1.82, 2.24) is 9.78 Å². The quantitative estimate of drug-likeness (QED) is 0.642. The van der Waals surface area contributed by atoms with Gasteiger partial charge in [-0.05, 0) is 18.9 Å². The lowest BCUT2D eigenvalue weighted by Crippen LogP contribution is -2.18. The number of anilines is 1. The van der Waals surface area contributed by atoms with E-state index in [4.69, 9.17) is 0 Å². The Balaban J connectivity index is 2.11. The van der Waals surface area contributed by atoms with Crippen molar-refractivity contribution in [2.24, 2.45) is 0 Å². The smallest absolute Gasteiger partial charge is 0.270 e. The van der Waals surface area contributed by atoms with E-state index in [9.17, 15) is 19.7 Å². The lowest BCUT2D eigenvalue weighted by Gasteiger charge is -2.16. The van der Waals surface area contributed by atoms with Gasteiger partial charge in [-0.2, -0.15) is 0 Å². The number of thioether (sulfide) groups is 1. The molecule has 1 aliphatic rings. The van der Waals surface area contributed by atoms with Crippen LogP contribution in [0.15, 0.2) is 29.1 Å². The molecule has 0 radical (unpaired) electrons. The molecule has 2 heterocycles. The number of nitro benzene ring substituents is 1. The number of H-pyrrole nitrogens is 1. The maximum absolute atomic E-state index is 12.6. The molecule has 8 nitrogen and oxygen atoms in total. The SMILES string of the molecule is CC[C@H](C)n1[nH]c(=O)c2c1NC(=O)CS[C@H]2c1ccc([N+](=O)[O-])cc1. The zero-order valence-corrected chi connectivity index (χ0v) is 14.6. The summed E-state index contributed by atoms with van der Waals surface area (Å²) in [6, 6.07) is 6.12. The number of benzene rings is 1. The fourth-order valence-electron chi connectivity index (χ4n) is 2.79. The van der Waals surface area contributed by atoms with Crippen molar-refractivity contribution in [3.8, 4) is 0 Å². The Hall–Kier alpha value is -2.55. The lowest BCUT2D eigenvalue weighted by molar-refractivity contribution is -0.384. The predicted octanol–water partition coefficient (Wildman–Crippen LogP) is 2.83. The summed E-state index contributed by atoms with van der Waals surface area (Å²) in [6.45, 7) is 3.96. The normalized spacial score (nSPS) is 18.2. The van der Waals surface area contributed by atoms with Crippen LogP contribution in [-0.4, -0.2) is 26.4 Å². The number of aromatic nitrogens is 2. The Morgan fingerprint density at radius 1 is 1.36 bits per heavy atom. The number of nitrogens with zero attached hydrogens (tertiary/aromatic N) is 2. The van der Waals surface area contributed by atoms with Crippen LogP contribution in [0.1, 0.15) is 42.7 Å². The molecular formula is C16H18N4O4S. The molecule has 0 spiro atoms. The highest BCUT2D eigenvalue weighted by Crippen LogP contribution is 2.40. The maximum atomic E-state index is 12.6. The largest absolute Gasteiger partial charge is 0.310 e. The molecule has 0 aliphatic carbocycles. The summed E-state index contributed by atoms with van der Waals surface area (Å²) in [5.41, 5.74) is 0.960. The Bertz CT molecular complexity index is 871. The number of fused-ring (bicyclic) bond motifs is 1. The second-order valence-corrected chi connectivity index (χ2v) is 7.01. The Morgan fingerprint density at radius 2 is 2.04 bits per heavy atom. The van der Waals surface area contributed by atoms with Gasteiger partial charge in [-0.25, -0.2) is 0 Å². The molecule has 1 aromatic carbocycles. The van der Waals surface area contributed by atoms with Gasteiger partial charge in [0, 0.05) is 18.2 Å². The van der Waals surface area contributed by atoms with Crippen LogP contribution in [-0.2, 0) is 4.79 Å².